The predicted molar refractivity (Wildman–Crippen MR) is 89.8 cm³/mol. The molecule has 2 heterocycles. The van der Waals surface area contributed by atoms with Crippen molar-refractivity contribution in [2.24, 2.45) is 15.4 Å². The number of carbonyl (C=O) groups is 2. The van der Waals surface area contributed by atoms with Gasteiger partial charge in [-0.25, -0.2) is 0 Å². The molecule has 0 aliphatic carbocycles. The molecule has 0 spiro atoms. The highest BCUT2D eigenvalue weighted by Gasteiger charge is 2.46. The summed E-state index contributed by atoms with van der Waals surface area (Å²) in [6.45, 7) is 13.4. The first-order valence-electron chi connectivity index (χ1n) is 7.79. The Hall–Kier alpha value is -1.58. The Balaban J connectivity index is 2.38. The number of dihydropyridines is 1. The van der Waals surface area contributed by atoms with E-state index in [2.05, 4.69) is 9.98 Å². The number of carbonyl (C=O) groups excluding carboxylic acids is 2. The minimum atomic E-state index is -0.419. The Labute approximate surface area is 132 Å². The van der Waals surface area contributed by atoms with Crippen LogP contribution in [0.3, 0.4) is 0 Å². The average molecular weight is 302 g/mol. The SMILES string of the molecule is CC(=O)C1=NC(C)(C)C[C@@]1(C)CC1=NC(C)(C)C=C(C)C1=O. The number of hydrogen-bond donors (Lipinski definition) is 0. The Bertz CT molecular complexity index is 635. The first-order chi connectivity index (χ1) is 9.85. The third-order valence-corrected chi connectivity index (χ3v) is 4.31. The van der Waals surface area contributed by atoms with Crippen molar-refractivity contribution in [3.63, 3.8) is 0 Å². The van der Waals surface area contributed by atoms with E-state index >= 15 is 0 Å². The summed E-state index contributed by atoms with van der Waals surface area (Å²) in [6, 6.07) is 0. The maximum absolute atomic E-state index is 12.5. The van der Waals surface area contributed by atoms with Crippen LogP contribution in [0.4, 0.5) is 0 Å². The van der Waals surface area contributed by atoms with Crippen molar-refractivity contribution in [1.82, 2.24) is 0 Å². The van der Waals surface area contributed by atoms with Crippen LogP contribution in [-0.2, 0) is 9.59 Å². The van der Waals surface area contributed by atoms with Crippen molar-refractivity contribution < 1.29 is 9.59 Å². The van der Waals surface area contributed by atoms with Gasteiger partial charge in [0.2, 0.25) is 5.78 Å². The van der Waals surface area contributed by atoms with Crippen LogP contribution in [0.25, 0.3) is 0 Å². The van der Waals surface area contributed by atoms with Gasteiger partial charge in [0.15, 0.2) is 5.78 Å². The number of hydrogen-bond acceptors (Lipinski definition) is 4. The van der Waals surface area contributed by atoms with Crippen molar-refractivity contribution in [3.05, 3.63) is 11.6 Å². The minimum Gasteiger partial charge on any atom is -0.293 e. The first-order valence-corrected chi connectivity index (χ1v) is 7.79. The average Bonchev–Trinajstić information content (AvgIpc) is 2.55. The molecule has 0 aromatic carbocycles. The topological polar surface area (TPSA) is 58.9 Å². The van der Waals surface area contributed by atoms with Gasteiger partial charge in [-0.15, -0.1) is 0 Å². The van der Waals surface area contributed by atoms with E-state index in [4.69, 9.17) is 0 Å². The van der Waals surface area contributed by atoms with Crippen LogP contribution >= 0.6 is 0 Å². The number of rotatable bonds is 3. The normalized spacial score (nSPS) is 29.8. The lowest BCUT2D eigenvalue weighted by Gasteiger charge is -2.30. The highest BCUT2D eigenvalue weighted by atomic mass is 16.1. The van der Waals surface area contributed by atoms with Crippen LogP contribution in [0.2, 0.25) is 0 Å². The standard InChI is InChI=1S/C18H26N2O2/c1-11-8-16(3,4)19-13(14(11)22)9-18(7)10-17(5,6)20-15(18)12(2)21/h8H,9-10H2,1-7H3/t18-/m1/s1. The summed E-state index contributed by atoms with van der Waals surface area (Å²) in [5.41, 5.74) is 0.839. The second-order valence-corrected chi connectivity index (χ2v) is 8.11. The van der Waals surface area contributed by atoms with Crippen molar-refractivity contribution in [2.45, 2.75) is 72.4 Å². The molecule has 4 nitrogen and oxygen atoms in total. The number of Topliss-reactive ketones (excluding diaryl/α,β-unsaturated/α-hetero) is 2. The van der Waals surface area contributed by atoms with E-state index in [1.807, 2.05) is 47.6 Å². The molecule has 0 saturated carbocycles. The number of ketones is 2. The Morgan fingerprint density at radius 3 is 2.32 bits per heavy atom. The highest BCUT2D eigenvalue weighted by molar-refractivity contribution is 6.48. The zero-order valence-corrected chi connectivity index (χ0v) is 14.7. The van der Waals surface area contributed by atoms with Crippen LogP contribution in [-0.4, -0.2) is 34.1 Å². The molecule has 0 unspecified atom stereocenters. The van der Waals surface area contributed by atoms with Crippen LogP contribution in [0.5, 0.6) is 0 Å². The second kappa shape index (κ2) is 4.97. The van der Waals surface area contributed by atoms with Gasteiger partial charge in [-0.3, -0.25) is 19.6 Å². The zero-order chi connectivity index (χ0) is 16.9. The molecule has 0 aromatic rings. The maximum Gasteiger partial charge on any atom is 0.202 e. The summed E-state index contributed by atoms with van der Waals surface area (Å²) in [5, 5.41) is 0. The molecular weight excluding hydrogens is 276 g/mol. The molecule has 0 N–H and O–H groups in total. The summed E-state index contributed by atoms with van der Waals surface area (Å²) in [6.07, 6.45) is 3.13. The molecule has 2 aliphatic rings. The van der Waals surface area contributed by atoms with Crippen molar-refractivity contribution in [2.75, 3.05) is 0 Å². The molecule has 0 radical (unpaired) electrons. The second-order valence-electron chi connectivity index (χ2n) is 8.11. The Morgan fingerprint density at radius 2 is 1.77 bits per heavy atom. The lowest BCUT2D eigenvalue weighted by molar-refractivity contribution is -0.112. The molecule has 0 amide bonds. The first kappa shape index (κ1) is 16.8. The summed E-state index contributed by atoms with van der Waals surface area (Å²) in [7, 11) is 0. The van der Waals surface area contributed by atoms with E-state index in [9.17, 15) is 9.59 Å². The van der Waals surface area contributed by atoms with Gasteiger partial charge in [0.25, 0.3) is 0 Å². The van der Waals surface area contributed by atoms with Gasteiger partial charge < -0.3 is 0 Å². The fourth-order valence-electron chi connectivity index (χ4n) is 3.91. The van der Waals surface area contributed by atoms with E-state index < -0.39 is 5.41 Å². The molecule has 0 saturated heterocycles. The third-order valence-electron chi connectivity index (χ3n) is 4.31. The van der Waals surface area contributed by atoms with E-state index in [0.29, 0.717) is 17.8 Å². The Morgan fingerprint density at radius 1 is 1.18 bits per heavy atom. The van der Waals surface area contributed by atoms with Gasteiger partial charge in [0.05, 0.1) is 22.5 Å². The molecule has 0 aromatic heterocycles. The van der Waals surface area contributed by atoms with Gasteiger partial charge >= 0.3 is 0 Å². The van der Waals surface area contributed by atoms with E-state index in [1.165, 1.54) is 0 Å². The van der Waals surface area contributed by atoms with Gasteiger partial charge in [-0.05, 0) is 46.6 Å². The highest BCUT2D eigenvalue weighted by Crippen LogP contribution is 2.43. The summed E-state index contributed by atoms with van der Waals surface area (Å²) < 4.78 is 0. The largest absolute Gasteiger partial charge is 0.293 e. The fourth-order valence-corrected chi connectivity index (χ4v) is 3.91. The number of aliphatic imine (C=N–C) groups is 2. The smallest absolute Gasteiger partial charge is 0.202 e. The lowest BCUT2D eigenvalue weighted by Crippen LogP contribution is -2.38. The van der Waals surface area contributed by atoms with E-state index in [-0.39, 0.29) is 22.6 Å². The van der Waals surface area contributed by atoms with Crippen LogP contribution < -0.4 is 0 Å². The maximum atomic E-state index is 12.5. The molecule has 0 fully saturated rings. The summed E-state index contributed by atoms with van der Waals surface area (Å²) >= 11 is 0. The minimum absolute atomic E-state index is 0.00634. The van der Waals surface area contributed by atoms with Crippen LogP contribution in [0.1, 0.15) is 61.3 Å². The quantitative estimate of drug-likeness (QED) is 0.802. The molecule has 4 heteroatoms. The molecule has 2 aliphatic heterocycles. The van der Waals surface area contributed by atoms with Crippen LogP contribution in [0, 0.1) is 5.41 Å². The molecule has 0 bridgehead atoms. The van der Waals surface area contributed by atoms with Gasteiger partial charge in [0.1, 0.15) is 0 Å². The van der Waals surface area contributed by atoms with E-state index in [0.717, 1.165) is 12.0 Å². The lowest BCUT2D eigenvalue weighted by atomic mass is 9.73. The molecular formula is C18H26N2O2. The van der Waals surface area contributed by atoms with Gasteiger partial charge in [-0.2, -0.15) is 0 Å². The van der Waals surface area contributed by atoms with E-state index in [1.54, 1.807) is 6.92 Å². The van der Waals surface area contributed by atoms with Crippen molar-refractivity contribution in [1.29, 1.82) is 0 Å². The molecule has 1 atom stereocenters. The summed E-state index contributed by atoms with van der Waals surface area (Å²) in [5.74, 6) is -0.0170. The van der Waals surface area contributed by atoms with Gasteiger partial charge in [0, 0.05) is 18.8 Å². The third kappa shape index (κ3) is 3.11. The van der Waals surface area contributed by atoms with Crippen molar-refractivity contribution in [3.8, 4) is 0 Å². The predicted octanol–water partition coefficient (Wildman–Crippen LogP) is 3.34. The van der Waals surface area contributed by atoms with Gasteiger partial charge in [-0.1, -0.05) is 13.0 Å². The molecule has 22 heavy (non-hydrogen) atoms. The number of allylic oxidation sites excluding steroid dienone is 1. The summed E-state index contributed by atoms with van der Waals surface area (Å²) in [4.78, 5) is 33.7. The fraction of sp³-hybridized carbons (Fsp3) is 0.667. The van der Waals surface area contributed by atoms with Crippen molar-refractivity contribution >= 4 is 23.0 Å². The van der Waals surface area contributed by atoms with Crippen LogP contribution in [0.15, 0.2) is 21.6 Å². The molecule has 120 valence electrons. The monoisotopic (exact) mass is 302 g/mol. The Kier molecular flexibility index (Phi) is 3.79. The zero-order valence-electron chi connectivity index (χ0n) is 14.7. The number of nitrogens with zero attached hydrogens (tertiary/aromatic N) is 2. The molecule has 2 rings (SSSR count).